The third-order valence-corrected chi connectivity index (χ3v) is 4.97. The zero-order chi connectivity index (χ0) is 14.4. The minimum absolute atomic E-state index is 0.00682. The van der Waals surface area contributed by atoms with E-state index in [0.29, 0.717) is 12.5 Å². The topological polar surface area (TPSA) is 35.8 Å². The molecule has 0 aliphatic heterocycles. The minimum Gasteiger partial charge on any atom is -0.380 e. The molecule has 1 fully saturated rings. The molecule has 0 unspecified atom stereocenters. The van der Waals surface area contributed by atoms with Crippen molar-refractivity contribution in [1.82, 2.24) is 0 Å². The lowest BCUT2D eigenvalue weighted by Gasteiger charge is -2.10. The Morgan fingerprint density at radius 3 is 2.00 bits per heavy atom. The molecule has 0 heterocycles. The first-order chi connectivity index (χ1) is 8.71. The lowest BCUT2D eigenvalue weighted by Crippen LogP contribution is -2.11. The lowest BCUT2D eigenvalue weighted by molar-refractivity contribution is 0.457. The van der Waals surface area contributed by atoms with Gasteiger partial charge in [-0.15, -0.1) is 0 Å². The fraction of sp³-hybridized carbons (Fsp3) is 0.533. The number of benzene rings is 1. The normalized spacial score (nSPS) is 19.8. The molecule has 0 amide bonds. The number of anilines is 1. The van der Waals surface area contributed by atoms with Crippen LogP contribution in [0, 0.1) is 39.7 Å². The van der Waals surface area contributed by atoms with E-state index in [2.05, 4.69) is 33.0 Å². The molecule has 1 aromatic rings. The van der Waals surface area contributed by atoms with Gasteiger partial charge in [0.1, 0.15) is 5.69 Å². The van der Waals surface area contributed by atoms with Crippen LogP contribution in [0.1, 0.15) is 33.3 Å². The summed E-state index contributed by atoms with van der Waals surface area (Å²) in [6.07, 6.45) is 0. The average Bonchev–Trinajstić information content (AvgIpc) is 2.69. The van der Waals surface area contributed by atoms with E-state index in [-0.39, 0.29) is 22.1 Å². The summed E-state index contributed by atoms with van der Waals surface area (Å²) in [4.78, 5) is 0. The number of rotatable bonds is 3. The fourth-order valence-corrected chi connectivity index (χ4v) is 2.85. The summed E-state index contributed by atoms with van der Waals surface area (Å²) >= 11 is 0. The van der Waals surface area contributed by atoms with Crippen molar-refractivity contribution in [3.05, 3.63) is 29.3 Å². The van der Waals surface area contributed by atoms with Crippen LogP contribution in [0.5, 0.6) is 0 Å². The van der Waals surface area contributed by atoms with Gasteiger partial charge in [0.15, 0.2) is 11.6 Å². The Morgan fingerprint density at radius 2 is 1.63 bits per heavy atom. The van der Waals surface area contributed by atoms with E-state index in [0.717, 1.165) is 12.1 Å². The van der Waals surface area contributed by atoms with Gasteiger partial charge in [0.2, 0.25) is 0 Å². The van der Waals surface area contributed by atoms with Crippen LogP contribution in [0.4, 0.5) is 14.5 Å². The molecule has 0 aromatic heterocycles. The van der Waals surface area contributed by atoms with Crippen LogP contribution >= 0.6 is 0 Å². The summed E-state index contributed by atoms with van der Waals surface area (Å²) in [7, 11) is 0. The van der Waals surface area contributed by atoms with E-state index in [1.54, 1.807) is 6.07 Å². The van der Waals surface area contributed by atoms with Gasteiger partial charge in [0.25, 0.3) is 0 Å². The number of nitrogens with zero attached hydrogens (tertiary/aromatic N) is 1. The smallest absolute Gasteiger partial charge is 0.150 e. The van der Waals surface area contributed by atoms with Gasteiger partial charge in [0.05, 0.1) is 11.6 Å². The van der Waals surface area contributed by atoms with Gasteiger partial charge in [0, 0.05) is 6.54 Å². The summed E-state index contributed by atoms with van der Waals surface area (Å²) in [5.74, 6) is -1.06. The predicted molar refractivity (Wildman–Crippen MR) is 70.6 cm³/mol. The molecule has 102 valence electrons. The van der Waals surface area contributed by atoms with Gasteiger partial charge in [-0.25, -0.2) is 8.78 Å². The second-order valence-corrected chi connectivity index (χ2v) is 6.30. The van der Waals surface area contributed by atoms with Gasteiger partial charge in [-0.05, 0) is 28.9 Å². The molecule has 2 rings (SSSR count). The zero-order valence-corrected chi connectivity index (χ0v) is 11.6. The van der Waals surface area contributed by atoms with E-state index in [4.69, 9.17) is 5.26 Å². The van der Waals surface area contributed by atoms with E-state index in [1.165, 1.54) is 0 Å². The van der Waals surface area contributed by atoms with Gasteiger partial charge in [-0.1, -0.05) is 27.7 Å². The average molecular weight is 264 g/mol. The van der Waals surface area contributed by atoms with Gasteiger partial charge >= 0.3 is 0 Å². The first-order valence-corrected chi connectivity index (χ1v) is 6.35. The maximum absolute atomic E-state index is 13.7. The second-order valence-electron chi connectivity index (χ2n) is 6.30. The first kappa shape index (κ1) is 13.8. The van der Waals surface area contributed by atoms with E-state index < -0.39 is 11.6 Å². The molecule has 1 aromatic carbocycles. The molecule has 0 saturated heterocycles. The highest BCUT2D eigenvalue weighted by atomic mass is 19.1. The maximum atomic E-state index is 13.7. The van der Waals surface area contributed by atoms with Crippen LogP contribution in [0.3, 0.4) is 0 Å². The highest BCUT2D eigenvalue weighted by molar-refractivity contribution is 5.50. The third-order valence-electron chi connectivity index (χ3n) is 4.97. The van der Waals surface area contributed by atoms with Crippen molar-refractivity contribution in [2.45, 2.75) is 27.7 Å². The maximum Gasteiger partial charge on any atom is 0.150 e. The summed E-state index contributed by atoms with van der Waals surface area (Å²) in [5.41, 5.74) is 0.184. The SMILES string of the molecule is CC1(C)C(CNc2c(F)cc(C#N)cc2F)C1(C)C. The van der Waals surface area contributed by atoms with Crippen LogP contribution in [-0.4, -0.2) is 6.54 Å². The van der Waals surface area contributed by atoms with Crippen LogP contribution in [0.2, 0.25) is 0 Å². The van der Waals surface area contributed by atoms with Crippen LogP contribution < -0.4 is 5.32 Å². The standard InChI is InChI=1S/C15H18F2N2/c1-14(2)12(15(14,3)4)8-19-13-10(16)5-9(7-18)6-11(13)17/h5-6,12,19H,8H2,1-4H3. The Kier molecular flexibility index (Phi) is 3.04. The van der Waals surface area contributed by atoms with E-state index >= 15 is 0 Å². The Labute approximate surface area is 112 Å². The first-order valence-electron chi connectivity index (χ1n) is 6.35. The van der Waals surface area contributed by atoms with Crippen molar-refractivity contribution in [3.8, 4) is 6.07 Å². The molecule has 1 aliphatic carbocycles. The summed E-state index contributed by atoms with van der Waals surface area (Å²) in [6, 6.07) is 3.83. The molecule has 4 heteroatoms. The van der Waals surface area contributed by atoms with Crippen molar-refractivity contribution < 1.29 is 8.78 Å². The summed E-state index contributed by atoms with van der Waals surface area (Å²) < 4.78 is 27.4. The number of nitrogens with one attached hydrogen (secondary N) is 1. The van der Waals surface area contributed by atoms with E-state index in [1.807, 2.05) is 0 Å². The number of hydrogen-bond acceptors (Lipinski definition) is 2. The highest BCUT2D eigenvalue weighted by Crippen LogP contribution is 2.68. The van der Waals surface area contributed by atoms with Gasteiger partial charge in [-0.2, -0.15) is 5.26 Å². The minimum atomic E-state index is -0.715. The zero-order valence-electron chi connectivity index (χ0n) is 11.6. The Morgan fingerprint density at radius 1 is 1.16 bits per heavy atom. The third kappa shape index (κ3) is 2.07. The van der Waals surface area contributed by atoms with Crippen LogP contribution in [0.25, 0.3) is 0 Å². The summed E-state index contributed by atoms with van der Waals surface area (Å²) in [6.45, 7) is 9.16. The van der Waals surface area contributed by atoms with Gasteiger partial charge in [-0.3, -0.25) is 0 Å². The molecule has 2 nitrogen and oxygen atoms in total. The fourth-order valence-electron chi connectivity index (χ4n) is 2.85. The van der Waals surface area contributed by atoms with Crippen molar-refractivity contribution in [2.24, 2.45) is 16.7 Å². The largest absolute Gasteiger partial charge is 0.380 e. The van der Waals surface area contributed by atoms with Crippen molar-refractivity contribution >= 4 is 5.69 Å². The van der Waals surface area contributed by atoms with E-state index in [9.17, 15) is 8.78 Å². The Bertz CT molecular complexity index is 519. The summed E-state index contributed by atoms with van der Waals surface area (Å²) in [5, 5.41) is 11.5. The second kappa shape index (κ2) is 4.19. The molecule has 0 radical (unpaired) electrons. The van der Waals surface area contributed by atoms with Crippen LogP contribution in [-0.2, 0) is 0 Å². The molecular formula is C15H18F2N2. The van der Waals surface area contributed by atoms with Crippen LogP contribution in [0.15, 0.2) is 12.1 Å². The molecular weight excluding hydrogens is 246 g/mol. The number of hydrogen-bond donors (Lipinski definition) is 1. The molecule has 0 bridgehead atoms. The molecule has 1 saturated carbocycles. The molecule has 19 heavy (non-hydrogen) atoms. The van der Waals surface area contributed by atoms with Crippen molar-refractivity contribution in [1.29, 1.82) is 5.26 Å². The highest BCUT2D eigenvalue weighted by Gasteiger charge is 2.64. The molecule has 0 spiro atoms. The van der Waals surface area contributed by atoms with Crippen molar-refractivity contribution in [3.63, 3.8) is 0 Å². The lowest BCUT2D eigenvalue weighted by atomic mass is 10.0. The number of halogens is 2. The molecule has 0 atom stereocenters. The molecule has 1 N–H and O–H groups in total. The molecule has 1 aliphatic rings. The van der Waals surface area contributed by atoms with Gasteiger partial charge < -0.3 is 5.32 Å². The van der Waals surface area contributed by atoms with Crippen molar-refractivity contribution in [2.75, 3.05) is 11.9 Å². The Balaban J connectivity index is 2.12. The monoisotopic (exact) mass is 264 g/mol. The number of nitriles is 1. The Hall–Kier alpha value is -1.63. The predicted octanol–water partition coefficient (Wildman–Crippen LogP) is 3.93. The quantitative estimate of drug-likeness (QED) is 0.897.